The molecule has 1 aliphatic rings. The smallest absolute Gasteiger partial charge is 0.180 e. The zero-order valence-electron chi connectivity index (χ0n) is 21.8. The molecule has 4 aromatic rings. The van der Waals surface area contributed by atoms with Crippen molar-refractivity contribution in [1.29, 1.82) is 0 Å². The minimum absolute atomic E-state index is 0.574. The van der Waals surface area contributed by atoms with Crippen LogP contribution < -0.4 is 10.2 Å². The van der Waals surface area contributed by atoms with Crippen LogP contribution in [0.2, 0.25) is 0 Å². The molecule has 37 heavy (non-hydrogen) atoms. The number of piperazine rings is 1. The van der Waals surface area contributed by atoms with Gasteiger partial charge < -0.3 is 10.2 Å². The lowest BCUT2D eigenvalue weighted by molar-refractivity contribution is 0.231. The molecule has 4 heterocycles. The molecule has 0 bridgehead atoms. The molecule has 1 aliphatic heterocycles. The topological polar surface area (TPSA) is 83.0 Å². The van der Waals surface area contributed by atoms with Crippen molar-refractivity contribution >= 4 is 17.3 Å². The maximum Gasteiger partial charge on any atom is 0.180 e. The van der Waals surface area contributed by atoms with Gasteiger partial charge in [0.25, 0.3) is 0 Å². The monoisotopic (exact) mass is 494 g/mol. The fourth-order valence-corrected chi connectivity index (χ4v) is 4.62. The Morgan fingerprint density at radius 3 is 2.27 bits per heavy atom. The van der Waals surface area contributed by atoms with Crippen LogP contribution >= 0.6 is 0 Å². The SMILES string of the molecule is Cc1cccc(-c2nccc(Nc3ccnc(Cc4ccc(N5CCN(CC(C)C)CC5)cc4)n3)n2)n1. The number of aromatic nitrogens is 5. The van der Waals surface area contributed by atoms with Crippen molar-refractivity contribution in [2.45, 2.75) is 27.2 Å². The van der Waals surface area contributed by atoms with E-state index in [9.17, 15) is 0 Å². The molecule has 1 fully saturated rings. The highest BCUT2D eigenvalue weighted by atomic mass is 15.3. The third kappa shape index (κ3) is 6.65. The fourth-order valence-electron chi connectivity index (χ4n) is 4.62. The molecular formula is C29H34N8. The van der Waals surface area contributed by atoms with Crippen LogP contribution in [0.3, 0.4) is 0 Å². The third-order valence-electron chi connectivity index (χ3n) is 6.39. The fraction of sp³-hybridized carbons (Fsp3) is 0.345. The van der Waals surface area contributed by atoms with E-state index in [1.54, 1.807) is 12.4 Å². The minimum Gasteiger partial charge on any atom is -0.369 e. The molecule has 1 aromatic carbocycles. The summed E-state index contributed by atoms with van der Waals surface area (Å²) in [6.07, 6.45) is 4.17. The zero-order valence-corrected chi connectivity index (χ0v) is 21.8. The lowest BCUT2D eigenvalue weighted by atomic mass is 10.1. The standard InChI is InChI=1S/C29H34N8/c1-21(2)20-36-15-17-37(18-16-36)24-9-7-23(8-10-24)19-28-30-13-11-26(34-28)33-27-12-14-31-29(35-27)25-6-4-5-22(3)32-25/h4-14,21H,15-20H2,1-3H3,(H,30,31,33,34,35). The molecular weight excluding hydrogens is 460 g/mol. The Morgan fingerprint density at radius 2 is 1.54 bits per heavy atom. The highest BCUT2D eigenvalue weighted by molar-refractivity contribution is 5.56. The Bertz CT molecular complexity index is 1310. The van der Waals surface area contributed by atoms with Gasteiger partial charge in [-0.3, -0.25) is 4.90 Å². The number of nitrogens with zero attached hydrogens (tertiary/aromatic N) is 7. The van der Waals surface area contributed by atoms with E-state index in [1.807, 2.05) is 37.3 Å². The number of benzene rings is 1. The number of aryl methyl sites for hydroxylation is 1. The Labute approximate surface area is 218 Å². The van der Waals surface area contributed by atoms with Crippen LogP contribution in [0.25, 0.3) is 11.5 Å². The van der Waals surface area contributed by atoms with E-state index in [-0.39, 0.29) is 0 Å². The van der Waals surface area contributed by atoms with Crippen molar-refractivity contribution < 1.29 is 0 Å². The summed E-state index contributed by atoms with van der Waals surface area (Å²) in [7, 11) is 0. The zero-order chi connectivity index (χ0) is 25.6. The first-order valence-electron chi connectivity index (χ1n) is 12.9. The van der Waals surface area contributed by atoms with Crippen LogP contribution in [0.5, 0.6) is 0 Å². The summed E-state index contributed by atoms with van der Waals surface area (Å²) in [6, 6.07) is 18.3. The lowest BCUT2D eigenvalue weighted by Crippen LogP contribution is -2.47. The molecule has 3 aromatic heterocycles. The molecule has 0 spiro atoms. The van der Waals surface area contributed by atoms with Crippen LogP contribution in [0.4, 0.5) is 17.3 Å². The van der Waals surface area contributed by atoms with Gasteiger partial charge >= 0.3 is 0 Å². The van der Waals surface area contributed by atoms with Gasteiger partial charge in [0.2, 0.25) is 0 Å². The van der Waals surface area contributed by atoms with Crippen molar-refractivity contribution in [1.82, 2.24) is 29.8 Å². The Hall–Kier alpha value is -3.91. The molecule has 8 nitrogen and oxygen atoms in total. The van der Waals surface area contributed by atoms with E-state index in [4.69, 9.17) is 4.98 Å². The highest BCUT2D eigenvalue weighted by Gasteiger charge is 2.17. The van der Waals surface area contributed by atoms with Gasteiger partial charge in [0.1, 0.15) is 23.2 Å². The number of pyridine rings is 1. The van der Waals surface area contributed by atoms with E-state index < -0.39 is 0 Å². The molecule has 0 unspecified atom stereocenters. The van der Waals surface area contributed by atoms with E-state index in [0.717, 1.165) is 49.3 Å². The van der Waals surface area contributed by atoms with Crippen molar-refractivity contribution in [2.75, 3.05) is 42.9 Å². The molecule has 0 radical (unpaired) electrons. The van der Waals surface area contributed by atoms with E-state index >= 15 is 0 Å². The van der Waals surface area contributed by atoms with Gasteiger partial charge in [-0.05, 0) is 54.8 Å². The number of hydrogen-bond donors (Lipinski definition) is 1. The molecule has 1 N–H and O–H groups in total. The summed E-state index contributed by atoms with van der Waals surface area (Å²) in [5, 5.41) is 3.28. The van der Waals surface area contributed by atoms with Crippen molar-refractivity contribution in [2.24, 2.45) is 5.92 Å². The number of hydrogen-bond acceptors (Lipinski definition) is 8. The summed E-state index contributed by atoms with van der Waals surface area (Å²) in [5.74, 6) is 3.41. The van der Waals surface area contributed by atoms with Gasteiger partial charge in [-0.25, -0.2) is 24.9 Å². The van der Waals surface area contributed by atoms with Crippen LogP contribution in [-0.4, -0.2) is 62.5 Å². The first-order valence-corrected chi connectivity index (χ1v) is 12.9. The second kappa shape index (κ2) is 11.4. The van der Waals surface area contributed by atoms with Gasteiger partial charge in [-0.2, -0.15) is 0 Å². The second-order valence-corrected chi connectivity index (χ2v) is 9.94. The number of rotatable bonds is 8. The van der Waals surface area contributed by atoms with Crippen LogP contribution in [-0.2, 0) is 6.42 Å². The predicted molar refractivity (Wildman–Crippen MR) is 148 cm³/mol. The van der Waals surface area contributed by atoms with Crippen molar-refractivity contribution in [3.8, 4) is 11.5 Å². The maximum atomic E-state index is 4.71. The van der Waals surface area contributed by atoms with Gasteiger partial charge in [-0.1, -0.05) is 32.0 Å². The number of anilines is 3. The summed E-state index contributed by atoms with van der Waals surface area (Å²) in [4.78, 5) is 27.7. The average Bonchev–Trinajstić information content (AvgIpc) is 2.90. The Kier molecular flexibility index (Phi) is 7.65. The third-order valence-corrected chi connectivity index (χ3v) is 6.39. The van der Waals surface area contributed by atoms with Crippen molar-refractivity contribution in [3.63, 3.8) is 0 Å². The summed E-state index contributed by atoms with van der Waals surface area (Å²) < 4.78 is 0. The molecule has 8 heteroatoms. The first kappa shape index (κ1) is 24.8. The van der Waals surface area contributed by atoms with E-state index in [2.05, 4.69) is 73.2 Å². The second-order valence-electron chi connectivity index (χ2n) is 9.94. The van der Waals surface area contributed by atoms with Gasteiger partial charge in [0.05, 0.1) is 0 Å². The first-order chi connectivity index (χ1) is 18.0. The van der Waals surface area contributed by atoms with Crippen LogP contribution in [0.1, 0.15) is 30.9 Å². The lowest BCUT2D eigenvalue weighted by Gasteiger charge is -2.36. The van der Waals surface area contributed by atoms with Gasteiger partial charge in [-0.15, -0.1) is 0 Å². The number of nitrogens with one attached hydrogen (secondary N) is 1. The molecule has 0 amide bonds. The van der Waals surface area contributed by atoms with E-state index in [0.29, 0.717) is 23.9 Å². The van der Waals surface area contributed by atoms with Gasteiger partial charge in [0, 0.05) is 62.9 Å². The molecule has 0 saturated carbocycles. The Morgan fingerprint density at radius 1 is 0.811 bits per heavy atom. The van der Waals surface area contributed by atoms with Crippen molar-refractivity contribution in [3.05, 3.63) is 84.1 Å². The molecule has 0 aliphatic carbocycles. The highest BCUT2D eigenvalue weighted by Crippen LogP contribution is 2.20. The van der Waals surface area contributed by atoms with Crippen LogP contribution in [0, 0.1) is 12.8 Å². The Balaban J connectivity index is 1.21. The predicted octanol–water partition coefficient (Wildman–Crippen LogP) is 4.75. The summed E-state index contributed by atoms with van der Waals surface area (Å²) in [5.41, 5.74) is 4.14. The van der Waals surface area contributed by atoms with Crippen LogP contribution in [0.15, 0.2) is 67.0 Å². The summed E-state index contributed by atoms with van der Waals surface area (Å²) >= 11 is 0. The molecule has 5 rings (SSSR count). The summed E-state index contributed by atoms with van der Waals surface area (Å²) in [6.45, 7) is 12.1. The normalized spacial score (nSPS) is 14.2. The largest absolute Gasteiger partial charge is 0.369 e. The van der Waals surface area contributed by atoms with Gasteiger partial charge in [0.15, 0.2) is 5.82 Å². The molecule has 190 valence electrons. The minimum atomic E-state index is 0.574. The average molecular weight is 495 g/mol. The quantitative estimate of drug-likeness (QED) is 0.376. The molecule has 0 atom stereocenters. The molecule has 1 saturated heterocycles. The maximum absolute atomic E-state index is 4.71. The van der Waals surface area contributed by atoms with E-state index in [1.165, 1.54) is 17.8 Å².